The summed E-state index contributed by atoms with van der Waals surface area (Å²) in [6.45, 7) is 7.68. The summed E-state index contributed by atoms with van der Waals surface area (Å²) in [6, 6.07) is 15.2. The highest BCUT2D eigenvalue weighted by Gasteiger charge is 2.30. The molecular weight excluding hydrogens is 456 g/mol. The maximum absolute atomic E-state index is 12.9. The number of hydrogen-bond donors (Lipinski definition) is 2. The largest absolute Gasteiger partial charge is 0.469 e. The molecule has 3 rings (SSSR count). The summed E-state index contributed by atoms with van der Waals surface area (Å²) in [7, 11) is 1.34. The lowest BCUT2D eigenvalue weighted by Crippen LogP contribution is -2.49. The molecule has 192 valence electrons. The quantitative estimate of drug-likeness (QED) is 0.367. The van der Waals surface area contributed by atoms with Crippen LogP contribution in [0.2, 0.25) is 0 Å². The Bertz CT molecular complexity index is 1060. The number of carbonyl (C=O) groups excluding carboxylic acids is 3. The molecule has 0 aliphatic heterocycles. The van der Waals surface area contributed by atoms with Gasteiger partial charge in [0.25, 0.3) is 0 Å². The fourth-order valence-corrected chi connectivity index (χ4v) is 4.46. The molecule has 2 aromatic carbocycles. The molecule has 0 saturated carbocycles. The van der Waals surface area contributed by atoms with Crippen LogP contribution in [0.25, 0.3) is 11.1 Å². The normalized spacial score (nSPS) is 15.1. The van der Waals surface area contributed by atoms with Gasteiger partial charge in [-0.1, -0.05) is 74.5 Å². The first-order chi connectivity index (χ1) is 17.2. The summed E-state index contributed by atoms with van der Waals surface area (Å²) < 4.78 is 10.3. The van der Waals surface area contributed by atoms with Crippen molar-refractivity contribution in [3.63, 3.8) is 0 Å². The number of carbonyl (C=O) groups is 3. The monoisotopic (exact) mass is 492 g/mol. The van der Waals surface area contributed by atoms with Gasteiger partial charge in [0.05, 0.1) is 13.0 Å². The van der Waals surface area contributed by atoms with Gasteiger partial charge >= 0.3 is 12.1 Å². The summed E-state index contributed by atoms with van der Waals surface area (Å²) in [6.07, 6.45) is 3.26. The standard InChI is InChI=1S/C29H36N2O5/c1-18(2)16-26(27(32)30-20(4)15-14-19(3)28(33)35-5)31-29(34)36-17-25-23-12-8-6-10-21(23)22-11-7-9-13-24(22)25/h6-15,18-20,25-26H,16-17H2,1-5H3,(H,30,32)(H,31,34)/b15-14+/t19-,20+,26+/m1/s1. The lowest BCUT2D eigenvalue weighted by molar-refractivity contribution is -0.143. The van der Waals surface area contributed by atoms with E-state index in [1.807, 2.05) is 38.1 Å². The van der Waals surface area contributed by atoms with E-state index in [0.717, 1.165) is 22.3 Å². The Morgan fingerprint density at radius 2 is 1.47 bits per heavy atom. The first-order valence-electron chi connectivity index (χ1n) is 12.4. The number of benzene rings is 2. The maximum atomic E-state index is 12.9. The number of hydrogen-bond acceptors (Lipinski definition) is 5. The van der Waals surface area contributed by atoms with Gasteiger partial charge in [-0.25, -0.2) is 4.79 Å². The zero-order chi connectivity index (χ0) is 26.2. The summed E-state index contributed by atoms with van der Waals surface area (Å²) in [4.78, 5) is 37.3. The van der Waals surface area contributed by atoms with Crippen molar-refractivity contribution in [3.8, 4) is 11.1 Å². The molecule has 2 aromatic rings. The number of rotatable bonds is 10. The highest BCUT2D eigenvalue weighted by atomic mass is 16.5. The molecule has 7 heteroatoms. The Morgan fingerprint density at radius 3 is 2.03 bits per heavy atom. The third-order valence-corrected chi connectivity index (χ3v) is 6.29. The molecule has 0 radical (unpaired) electrons. The first kappa shape index (κ1) is 27.0. The average Bonchev–Trinajstić information content (AvgIpc) is 3.18. The van der Waals surface area contributed by atoms with E-state index in [4.69, 9.17) is 9.47 Å². The highest BCUT2D eigenvalue weighted by molar-refractivity contribution is 5.86. The molecule has 0 unspecified atom stereocenters. The second-order valence-corrected chi connectivity index (χ2v) is 9.65. The summed E-state index contributed by atoms with van der Waals surface area (Å²) in [5.41, 5.74) is 4.57. The van der Waals surface area contributed by atoms with Gasteiger partial charge in [0, 0.05) is 12.0 Å². The highest BCUT2D eigenvalue weighted by Crippen LogP contribution is 2.44. The van der Waals surface area contributed by atoms with Gasteiger partial charge in [0.1, 0.15) is 12.6 Å². The summed E-state index contributed by atoms with van der Waals surface area (Å²) in [5, 5.41) is 5.62. The zero-order valence-electron chi connectivity index (χ0n) is 21.6. The Morgan fingerprint density at radius 1 is 0.889 bits per heavy atom. The van der Waals surface area contributed by atoms with Gasteiger partial charge in [-0.2, -0.15) is 0 Å². The number of ether oxygens (including phenoxy) is 2. The number of alkyl carbamates (subject to hydrolysis) is 1. The number of nitrogens with one attached hydrogen (secondary N) is 2. The second kappa shape index (κ2) is 12.4. The van der Waals surface area contributed by atoms with Crippen molar-refractivity contribution in [3.05, 3.63) is 71.8 Å². The molecule has 7 nitrogen and oxygen atoms in total. The van der Waals surface area contributed by atoms with E-state index in [2.05, 4.69) is 34.9 Å². The van der Waals surface area contributed by atoms with Crippen LogP contribution in [0.1, 0.15) is 51.2 Å². The van der Waals surface area contributed by atoms with Gasteiger partial charge in [-0.15, -0.1) is 0 Å². The number of amides is 2. The second-order valence-electron chi connectivity index (χ2n) is 9.65. The Balaban J connectivity index is 1.61. The van der Waals surface area contributed by atoms with Crippen LogP contribution in [0.4, 0.5) is 4.79 Å². The minimum Gasteiger partial charge on any atom is -0.469 e. The molecule has 2 N–H and O–H groups in total. The van der Waals surface area contributed by atoms with E-state index in [-0.39, 0.29) is 36.4 Å². The molecule has 36 heavy (non-hydrogen) atoms. The van der Waals surface area contributed by atoms with Crippen LogP contribution in [-0.4, -0.2) is 43.8 Å². The van der Waals surface area contributed by atoms with Crippen LogP contribution >= 0.6 is 0 Å². The van der Waals surface area contributed by atoms with Crippen molar-refractivity contribution in [2.45, 2.75) is 52.1 Å². The predicted octanol–water partition coefficient (Wildman–Crippen LogP) is 4.81. The van der Waals surface area contributed by atoms with Gasteiger partial charge in [-0.05, 0) is 48.4 Å². The van der Waals surface area contributed by atoms with E-state index >= 15 is 0 Å². The topological polar surface area (TPSA) is 93.7 Å². The molecule has 0 aromatic heterocycles. The molecule has 0 bridgehead atoms. The third-order valence-electron chi connectivity index (χ3n) is 6.29. The van der Waals surface area contributed by atoms with Crippen LogP contribution < -0.4 is 10.6 Å². The Labute approximate surface area is 213 Å². The van der Waals surface area contributed by atoms with E-state index < -0.39 is 18.1 Å². The van der Waals surface area contributed by atoms with Crippen LogP contribution in [0.3, 0.4) is 0 Å². The SMILES string of the molecule is COC(=O)[C@H](C)/C=C/[C@H](C)NC(=O)[C@H](CC(C)C)NC(=O)OCC1c2ccccc2-c2ccccc21. The smallest absolute Gasteiger partial charge is 0.407 e. The molecule has 0 saturated heterocycles. The predicted molar refractivity (Wildman–Crippen MR) is 139 cm³/mol. The van der Waals surface area contributed by atoms with Gasteiger partial charge in [0.2, 0.25) is 5.91 Å². The molecule has 1 aliphatic rings. The van der Waals surface area contributed by atoms with Crippen LogP contribution in [0.5, 0.6) is 0 Å². The molecule has 0 spiro atoms. The summed E-state index contributed by atoms with van der Waals surface area (Å²) in [5.74, 6) is -0.943. The number of fused-ring (bicyclic) bond motifs is 3. The van der Waals surface area contributed by atoms with Crippen LogP contribution in [0.15, 0.2) is 60.7 Å². The molecular formula is C29H36N2O5. The van der Waals surface area contributed by atoms with E-state index in [1.54, 1.807) is 26.0 Å². The Kier molecular flexibility index (Phi) is 9.28. The van der Waals surface area contributed by atoms with Crippen molar-refractivity contribution < 1.29 is 23.9 Å². The molecule has 0 heterocycles. The lowest BCUT2D eigenvalue weighted by Gasteiger charge is -2.22. The first-order valence-corrected chi connectivity index (χ1v) is 12.4. The zero-order valence-corrected chi connectivity index (χ0v) is 21.6. The molecule has 0 fully saturated rings. The lowest BCUT2D eigenvalue weighted by atomic mass is 9.98. The van der Waals surface area contributed by atoms with Gasteiger partial charge in [0.15, 0.2) is 0 Å². The summed E-state index contributed by atoms with van der Waals surface area (Å²) >= 11 is 0. The van der Waals surface area contributed by atoms with Crippen molar-refractivity contribution in [2.24, 2.45) is 11.8 Å². The van der Waals surface area contributed by atoms with Gasteiger partial charge < -0.3 is 20.1 Å². The van der Waals surface area contributed by atoms with Crippen molar-refractivity contribution in [1.29, 1.82) is 0 Å². The van der Waals surface area contributed by atoms with E-state index in [0.29, 0.717) is 6.42 Å². The Hall–Kier alpha value is -3.61. The average molecular weight is 493 g/mol. The van der Waals surface area contributed by atoms with Crippen molar-refractivity contribution >= 4 is 18.0 Å². The van der Waals surface area contributed by atoms with E-state index in [1.165, 1.54) is 7.11 Å². The fourth-order valence-electron chi connectivity index (χ4n) is 4.46. The third kappa shape index (κ3) is 6.74. The molecule has 2 amide bonds. The molecule has 3 atom stereocenters. The van der Waals surface area contributed by atoms with Crippen LogP contribution in [-0.2, 0) is 19.1 Å². The number of esters is 1. The number of methoxy groups -OCH3 is 1. The van der Waals surface area contributed by atoms with Crippen molar-refractivity contribution in [1.82, 2.24) is 10.6 Å². The minimum absolute atomic E-state index is 0.0533. The fraction of sp³-hybridized carbons (Fsp3) is 0.414. The molecule has 1 aliphatic carbocycles. The van der Waals surface area contributed by atoms with Crippen LogP contribution in [0, 0.1) is 11.8 Å². The minimum atomic E-state index is -0.741. The van der Waals surface area contributed by atoms with Gasteiger partial charge in [-0.3, -0.25) is 9.59 Å². The van der Waals surface area contributed by atoms with Crippen molar-refractivity contribution in [2.75, 3.05) is 13.7 Å². The maximum Gasteiger partial charge on any atom is 0.407 e. The van der Waals surface area contributed by atoms with E-state index in [9.17, 15) is 14.4 Å².